The predicted octanol–water partition coefficient (Wildman–Crippen LogP) is 1.72. The maximum Gasteiger partial charge on any atom is 0.407 e. The van der Waals surface area contributed by atoms with Crippen LogP contribution in [0.25, 0.3) is 0 Å². The monoisotopic (exact) mass is 354 g/mol. The van der Waals surface area contributed by atoms with Gasteiger partial charge in [0.05, 0.1) is 16.6 Å². The number of alkyl carbamates (subject to hydrolysis) is 1. The summed E-state index contributed by atoms with van der Waals surface area (Å²) in [6.45, 7) is 5.17. The Morgan fingerprint density at radius 2 is 2.04 bits per heavy atom. The van der Waals surface area contributed by atoms with Gasteiger partial charge < -0.3 is 20.3 Å². The van der Waals surface area contributed by atoms with E-state index in [0.717, 1.165) is 6.07 Å². The van der Waals surface area contributed by atoms with Crippen molar-refractivity contribution in [2.24, 2.45) is 0 Å². The standard InChI is InChI=1S/C16H22N2O7/c1-16(2,3)25-15(22)17-7-6-13(20)14(21)10-4-5-11(9-19)12(8-10)18(23)24/h4-5,8-9,13-14,20-21H,6-7H2,1-3H3,(H,17,22). The fourth-order valence-electron chi connectivity index (χ4n) is 2.02. The van der Waals surface area contributed by atoms with Crippen LogP contribution in [0.5, 0.6) is 0 Å². The molecule has 2 unspecified atom stereocenters. The molecule has 138 valence electrons. The molecule has 1 aromatic rings. The molecule has 0 spiro atoms. The number of carbonyl (C=O) groups excluding carboxylic acids is 2. The highest BCUT2D eigenvalue weighted by molar-refractivity contribution is 5.81. The van der Waals surface area contributed by atoms with Crippen molar-refractivity contribution < 1.29 is 29.5 Å². The Bertz CT molecular complexity index is 640. The van der Waals surface area contributed by atoms with E-state index >= 15 is 0 Å². The maximum atomic E-state index is 11.5. The van der Waals surface area contributed by atoms with Crippen LogP contribution in [0.4, 0.5) is 10.5 Å². The molecular formula is C16H22N2O7. The first-order valence-electron chi connectivity index (χ1n) is 7.61. The van der Waals surface area contributed by atoms with Crippen LogP contribution in [0.2, 0.25) is 0 Å². The Balaban J connectivity index is 2.66. The molecule has 1 amide bonds. The first-order chi connectivity index (χ1) is 11.5. The van der Waals surface area contributed by atoms with E-state index in [4.69, 9.17) is 4.74 Å². The predicted molar refractivity (Wildman–Crippen MR) is 88.3 cm³/mol. The smallest absolute Gasteiger partial charge is 0.407 e. The largest absolute Gasteiger partial charge is 0.444 e. The number of rotatable bonds is 7. The van der Waals surface area contributed by atoms with Gasteiger partial charge in [-0.25, -0.2) is 4.79 Å². The minimum atomic E-state index is -1.40. The Hall–Kier alpha value is -2.52. The first kappa shape index (κ1) is 20.5. The molecule has 2 atom stereocenters. The molecule has 0 fully saturated rings. The lowest BCUT2D eigenvalue weighted by molar-refractivity contribution is -0.385. The zero-order valence-electron chi connectivity index (χ0n) is 14.3. The van der Waals surface area contributed by atoms with Crippen molar-refractivity contribution in [1.29, 1.82) is 0 Å². The van der Waals surface area contributed by atoms with Crippen molar-refractivity contribution in [2.45, 2.75) is 45.0 Å². The lowest BCUT2D eigenvalue weighted by Crippen LogP contribution is -2.34. The number of aliphatic hydroxyl groups is 2. The fourth-order valence-corrected chi connectivity index (χ4v) is 2.02. The van der Waals surface area contributed by atoms with E-state index in [1.165, 1.54) is 12.1 Å². The molecule has 9 nitrogen and oxygen atoms in total. The number of nitro groups is 1. The van der Waals surface area contributed by atoms with Gasteiger partial charge in [0.25, 0.3) is 5.69 Å². The van der Waals surface area contributed by atoms with Gasteiger partial charge in [-0.15, -0.1) is 0 Å². The van der Waals surface area contributed by atoms with Crippen molar-refractivity contribution in [1.82, 2.24) is 5.32 Å². The van der Waals surface area contributed by atoms with Crippen LogP contribution in [-0.4, -0.2) is 45.8 Å². The van der Waals surface area contributed by atoms with Crippen LogP contribution in [0.1, 0.15) is 49.2 Å². The van der Waals surface area contributed by atoms with Gasteiger partial charge in [0, 0.05) is 12.6 Å². The summed E-state index contributed by atoms with van der Waals surface area (Å²) >= 11 is 0. The molecule has 0 aromatic heterocycles. The fraction of sp³-hybridized carbons (Fsp3) is 0.500. The van der Waals surface area contributed by atoms with Crippen LogP contribution < -0.4 is 5.32 Å². The number of aldehydes is 1. The van der Waals surface area contributed by atoms with E-state index < -0.39 is 34.5 Å². The summed E-state index contributed by atoms with van der Waals surface area (Å²) in [7, 11) is 0. The number of hydrogen-bond acceptors (Lipinski definition) is 7. The van der Waals surface area contributed by atoms with Crippen molar-refractivity contribution in [3.8, 4) is 0 Å². The molecule has 0 saturated heterocycles. The van der Waals surface area contributed by atoms with Crippen LogP contribution in [-0.2, 0) is 4.74 Å². The number of nitrogens with zero attached hydrogens (tertiary/aromatic N) is 1. The summed E-state index contributed by atoms with van der Waals surface area (Å²) in [5.41, 5.74) is -1.13. The number of carbonyl (C=O) groups is 2. The van der Waals surface area contributed by atoms with Crippen molar-refractivity contribution in [3.63, 3.8) is 0 Å². The summed E-state index contributed by atoms with van der Waals surface area (Å²) in [6.07, 6.45) is -2.98. The second kappa shape index (κ2) is 8.54. The Labute approximate surface area is 144 Å². The zero-order valence-corrected chi connectivity index (χ0v) is 14.3. The molecule has 9 heteroatoms. The second-order valence-electron chi connectivity index (χ2n) is 6.42. The summed E-state index contributed by atoms with van der Waals surface area (Å²) in [5.74, 6) is 0. The number of aliphatic hydroxyl groups excluding tert-OH is 2. The SMILES string of the molecule is CC(C)(C)OC(=O)NCCC(O)C(O)c1ccc(C=O)c([N+](=O)[O-])c1. The van der Waals surface area contributed by atoms with Crippen molar-refractivity contribution in [3.05, 3.63) is 39.4 Å². The van der Waals surface area contributed by atoms with Gasteiger partial charge in [-0.2, -0.15) is 0 Å². The van der Waals surface area contributed by atoms with Gasteiger partial charge in [0.1, 0.15) is 11.7 Å². The Morgan fingerprint density at radius 1 is 1.40 bits per heavy atom. The van der Waals surface area contributed by atoms with Gasteiger partial charge in [-0.1, -0.05) is 6.07 Å². The molecular weight excluding hydrogens is 332 g/mol. The number of benzene rings is 1. The Kier molecular flexibility index (Phi) is 7.01. The molecule has 1 rings (SSSR count). The lowest BCUT2D eigenvalue weighted by Gasteiger charge is -2.21. The van der Waals surface area contributed by atoms with E-state index in [2.05, 4.69) is 5.32 Å². The van der Waals surface area contributed by atoms with E-state index in [9.17, 15) is 29.9 Å². The van der Waals surface area contributed by atoms with E-state index in [-0.39, 0.29) is 24.1 Å². The van der Waals surface area contributed by atoms with Crippen molar-refractivity contribution in [2.75, 3.05) is 6.54 Å². The molecule has 0 aliphatic rings. The third-order valence-corrected chi connectivity index (χ3v) is 3.19. The Morgan fingerprint density at radius 3 is 2.56 bits per heavy atom. The summed E-state index contributed by atoms with van der Waals surface area (Å²) in [6, 6.07) is 3.57. The summed E-state index contributed by atoms with van der Waals surface area (Å²) < 4.78 is 5.03. The lowest BCUT2D eigenvalue weighted by atomic mass is 10.00. The number of nitrogens with one attached hydrogen (secondary N) is 1. The topological polar surface area (TPSA) is 139 Å². The number of nitro benzene ring substituents is 1. The van der Waals surface area contributed by atoms with Gasteiger partial charge in [-0.3, -0.25) is 14.9 Å². The molecule has 0 bridgehead atoms. The molecule has 0 aliphatic carbocycles. The summed E-state index contributed by atoms with van der Waals surface area (Å²) in [4.78, 5) is 32.5. The van der Waals surface area contributed by atoms with Gasteiger partial charge >= 0.3 is 6.09 Å². The zero-order chi connectivity index (χ0) is 19.2. The first-order valence-corrected chi connectivity index (χ1v) is 7.61. The minimum absolute atomic E-state index is 0.00361. The van der Waals surface area contributed by atoms with Crippen LogP contribution >= 0.6 is 0 Å². The maximum absolute atomic E-state index is 11.5. The minimum Gasteiger partial charge on any atom is -0.444 e. The summed E-state index contributed by atoms with van der Waals surface area (Å²) in [5, 5.41) is 33.5. The molecule has 0 heterocycles. The highest BCUT2D eigenvalue weighted by atomic mass is 16.6. The molecule has 25 heavy (non-hydrogen) atoms. The molecule has 0 radical (unpaired) electrons. The number of amides is 1. The molecule has 1 aromatic carbocycles. The van der Waals surface area contributed by atoms with Gasteiger partial charge in [-0.05, 0) is 38.8 Å². The van der Waals surface area contributed by atoms with E-state index in [1.54, 1.807) is 20.8 Å². The number of hydrogen-bond donors (Lipinski definition) is 3. The highest BCUT2D eigenvalue weighted by Crippen LogP contribution is 2.25. The van der Waals surface area contributed by atoms with Gasteiger partial charge in [0.15, 0.2) is 6.29 Å². The van der Waals surface area contributed by atoms with Crippen molar-refractivity contribution >= 4 is 18.1 Å². The van der Waals surface area contributed by atoms with Crippen LogP contribution in [0, 0.1) is 10.1 Å². The van der Waals surface area contributed by atoms with Gasteiger partial charge in [0.2, 0.25) is 0 Å². The average Bonchev–Trinajstić information content (AvgIpc) is 2.51. The average molecular weight is 354 g/mol. The molecule has 0 aliphatic heterocycles. The highest BCUT2D eigenvalue weighted by Gasteiger charge is 2.23. The van der Waals surface area contributed by atoms with E-state index in [1.807, 2.05) is 0 Å². The third kappa shape index (κ3) is 6.48. The quantitative estimate of drug-likeness (QED) is 0.385. The second-order valence-corrected chi connectivity index (χ2v) is 6.42. The van der Waals surface area contributed by atoms with Crippen LogP contribution in [0.15, 0.2) is 18.2 Å². The van der Waals surface area contributed by atoms with Crippen LogP contribution in [0.3, 0.4) is 0 Å². The molecule has 3 N–H and O–H groups in total. The molecule has 0 saturated carbocycles. The number of ether oxygens (including phenoxy) is 1. The normalized spacial score (nSPS) is 13.6. The third-order valence-electron chi connectivity index (χ3n) is 3.19. The van der Waals surface area contributed by atoms with E-state index in [0.29, 0.717) is 6.29 Å².